The molecule has 0 amide bonds. The van der Waals surface area contributed by atoms with Crippen molar-refractivity contribution >= 4 is 38.1 Å². The van der Waals surface area contributed by atoms with Crippen LogP contribution in [0.25, 0.3) is 0 Å². The van der Waals surface area contributed by atoms with Gasteiger partial charge in [0, 0.05) is 21.1 Å². The van der Waals surface area contributed by atoms with Gasteiger partial charge >= 0.3 is 0 Å². The summed E-state index contributed by atoms with van der Waals surface area (Å²) in [6.07, 6.45) is 10.6. The lowest BCUT2D eigenvalue weighted by atomic mass is 10.2. The lowest BCUT2D eigenvalue weighted by Crippen LogP contribution is -2.13. The Labute approximate surface area is 189 Å². The van der Waals surface area contributed by atoms with Crippen LogP contribution in [-0.4, -0.2) is 33.6 Å². The molecule has 0 aliphatic rings. The van der Waals surface area contributed by atoms with Crippen LogP contribution in [0.3, 0.4) is 0 Å². The number of benzene rings is 2. The Morgan fingerprint density at radius 1 is 1.03 bits per heavy atom. The third kappa shape index (κ3) is 11.3. The number of hydrogen-bond donors (Lipinski definition) is 2. The average molecular weight is 524 g/mol. The molecule has 5 nitrogen and oxygen atoms in total. The molecule has 0 unspecified atom stereocenters. The van der Waals surface area contributed by atoms with E-state index >= 15 is 0 Å². The average Bonchev–Trinajstić information content (AvgIpc) is 2.74. The van der Waals surface area contributed by atoms with Crippen LogP contribution < -0.4 is 20.5 Å². The van der Waals surface area contributed by atoms with Crippen LogP contribution in [-0.2, 0) is 6.54 Å². The summed E-state index contributed by atoms with van der Waals surface area (Å²) < 4.78 is 12.1. The zero-order valence-electron chi connectivity index (χ0n) is 16.4. The van der Waals surface area contributed by atoms with Crippen molar-refractivity contribution in [2.45, 2.75) is 6.54 Å². The highest BCUT2D eigenvalue weighted by molar-refractivity contribution is 9.10. The number of ether oxygens (including phenoxy) is 2. The molecule has 0 radical (unpaired) electrons. The zero-order chi connectivity index (χ0) is 22.1. The maximum absolute atomic E-state index is 10.4. The molecule has 0 aliphatic carbocycles. The van der Waals surface area contributed by atoms with Crippen molar-refractivity contribution in [3.05, 3.63) is 56.5 Å². The lowest BCUT2D eigenvalue weighted by Gasteiger charge is -2.08. The molecule has 0 fully saturated rings. The third-order valence-corrected chi connectivity index (χ3v) is 4.21. The Hall–Kier alpha value is -2.29. The molecular weight excluding hydrogens is 500 g/mol. The second kappa shape index (κ2) is 16.6. The minimum absolute atomic E-state index is 0.347. The van der Waals surface area contributed by atoms with Crippen LogP contribution in [0.2, 0.25) is 0 Å². The van der Waals surface area contributed by atoms with Gasteiger partial charge in [-0.25, -0.2) is 0 Å². The predicted octanol–water partition coefficient (Wildman–Crippen LogP) is 4.03. The van der Waals surface area contributed by atoms with Gasteiger partial charge in [0.1, 0.15) is 11.5 Å². The van der Waals surface area contributed by atoms with E-state index in [1.54, 1.807) is 19.2 Å². The summed E-state index contributed by atoms with van der Waals surface area (Å²) in [7, 11) is 3.20. The molecule has 2 aromatic rings. The highest BCUT2D eigenvalue weighted by atomic mass is 79.9. The fourth-order valence-electron chi connectivity index (χ4n) is 1.95. The summed E-state index contributed by atoms with van der Waals surface area (Å²) in [4.78, 5) is 10.4. The number of aldehydes is 1. The minimum atomic E-state index is 0.347. The number of carbonyl (C=O) groups excluding carboxylic acids is 1. The predicted molar refractivity (Wildman–Crippen MR) is 125 cm³/mol. The summed E-state index contributed by atoms with van der Waals surface area (Å²) in [6, 6.07) is 11.2. The normalized spacial score (nSPS) is 8.79. The van der Waals surface area contributed by atoms with Gasteiger partial charge in [0.15, 0.2) is 6.29 Å². The van der Waals surface area contributed by atoms with Crippen LogP contribution in [0, 0.1) is 24.7 Å². The fourth-order valence-corrected chi connectivity index (χ4v) is 2.74. The largest absolute Gasteiger partial charge is 0.496 e. The molecule has 0 heterocycles. The first-order valence-electron chi connectivity index (χ1n) is 8.36. The smallest absolute Gasteiger partial charge is 0.153 e. The van der Waals surface area contributed by atoms with E-state index in [9.17, 15) is 4.79 Å². The SMILES string of the molecule is C#CCN.C#CCNCc1cc(Br)ccc1OC.COc1ccc(Br)cc1C=O. The molecule has 2 aromatic carbocycles. The molecule has 0 spiro atoms. The van der Waals surface area contributed by atoms with Gasteiger partial charge in [0.2, 0.25) is 0 Å². The van der Waals surface area contributed by atoms with E-state index in [1.165, 1.54) is 7.11 Å². The van der Waals surface area contributed by atoms with Gasteiger partial charge in [-0.3, -0.25) is 4.79 Å². The maximum Gasteiger partial charge on any atom is 0.153 e. The number of terminal acetylenes is 2. The molecule has 2 rings (SSSR count). The van der Waals surface area contributed by atoms with E-state index in [2.05, 4.69) is 55.4 Å². The van der Waals surface area contributed by atoms with Crippen LogP contribution in [0.5, 0.6) is 11.5 Å². The molecule has 0 bridgehead atoms. The van der Waals surface area contributed by atoms with Crippen LogP contribution in [0.1, 0.15) is 15.9 Å². The minimum Gasteiger partial charge on any atom is -0.496 e. The summed E-state index contributed by atoms with van der Waals surface area (Å²) in [5, 5.41) is 3.12. The number of halogens is 2. The van der Waals surface area contributed by atoms with E-state index in [0.717, 1.165) is 26.5 Å². The van der Waals surface area contributed by atoms with Crippen molar-refractivity contribution in [2.75, 3.05) is 27.3 Å². The Kier molecular flexibility index (Phi) is 15.3. The summed E-state index contributed by atoms with van der Waals surface area (Å²) >= 11 is 6.66. The Balaban J connectivity index is 0.000000466. The molecule has 0 atom stereocenters. The van der Waals surface area contributed by atoms with Crippen molar-refractivity contribution in [3.8, 4) is 36.2 Å². The van der Waals surface area contributed by atoms with E-state index < -0.39 is 0 Å². The second-order valence-corrected chi connectivity index (χ2v) is 7.01. The number of rotatable bonds is 6. The Morgan fingerprint density at radius 2 is 1.59 bits per heavy atom. The standard InChI is InChI=1S/C11H12BrNO.C8H7BrO2.C3H5N/c1-3-6-13-8-9-7-10(12)4-5-11(9)14-2;1-11-8-3-2-7(9)4-6(8)5-10;1-2-3-4/h1,4-5,7,13H,6,8H2,2H3;2-5H,1H3;1H,3-4H2. The van der Waals surface area contributed by atoms with Gasteiger partial charge in [-0.05, 0) is 36.4 Å². The number of nitrogens with one attached hydrogen (secondary N) is 1. The molecule has 154 valence electrons. The van der Waals surface area contributed by atoms with Gasteiger partial charge in [0.25, 0.3) is 0 Å². The van der Waals surface area contributed by atoms with Gasteiger partial charge < -0.3 is 20.5 Å². The molecule has 3 N–H and O–H groups in total. The van der Waals surface area contributed by atoms with E-state index in [0.29, 0.717) is 30.9 Å². The van der Waals surface area contributed by atoms with E-state index in [1.807, 2.05) is 24.3 Å². The first-order chi connectivity index (χ1) is 14.0. The van der Waals surface area contributed by atoms with Crippen molar-refractivity contribution in [2.24, 2.45) is 5.73 Å². The Morgan fingerprint density at radius 3 is 2.07 bits per heavy atom. The Bertz CT molecular complexity index is 843. The number of hydrogen-bond acceptors (Lipinski definition) is 5. The van der Waals surface area contributed by atoms with Crippen LogP contribution >= 0.6 is 31.9 Å². The topological polar surface area (TPSA) is 73.6 Å². The molecule has 29 heavy (non-hydrogen) atoms. The van der Waals surface area contributed by atoms with Crippen molar-refractivity contribution in [1.82, 2.24) is 5.32 Å². The number of methoxy groups -OCH3 is 2. The van der Waals surface area contributed by atoms with Crippen LogP contribution in [0.4, 0.5) is 0 Å². The summed E-state index contributed by atoms with van der Waals surface area (Å²) in [5.41, 5.74) is 6.44. The quantitative estimate of drug-likeness (QED) is 0.340. The van der Waals surface area contributed by atoms with Crippen molar-refractivity contribution < 1.29 is 14.3 Å². The summed E-state index contributed by atoms with van der Waals surface area (Å²) in [6.45, 7) is 1.63. The maximum atomic E-state index is 10.4. The van der Waals surface area contributed by atoms with E-state index in [-0.39, 0.29) is 0 Å². The van der Waals surface area contributed by atoms with Gasteiger partial charge in [0.05, 0.1) is 32.9 Å². The van der Waals surface area contributed by atoms with Gasteiger partial charge in [-0.15, -0.1) is 12.8 Å². The number of carbonyl (C=O) groups is 1. The molecule has 0 aliphatic heterocycles. The summed E-state index contributed by atoms with van der Waals surface area (Å²) in [5.74, 6) is 6.21. The lowest BCUT2D eigenvalue weighted by molar-refractivity contribution is 0.112. The molecular formula is C22H24Br2N2O3. The van der Waals surface area contributed by atoms with Gasteiger partial charge in [-0.1, -0.05) is 43.7 Å². The molecule has 0 aromatic heterocycles. The highest BCUT2D eigenvalue weighted by Gasteiger charge is 2.02. The van der Waals surface area contributed by atoms with Crippen molar-refractivity contribution in [1.29, 1.82) is 0 Å². The van der Waals surface area contributed by atoms with Crippen LogP contribution in [0.15, 0.2) is 45.3 Å². The fraction of sp³-hybridized carbons (Fsp3) is 0.227. The number of nitrogens with two attached hydrogens (primary N) is 1. The van der Waals surface area contributed by atoms with Gasteiger partial charge in [-0.2, -0.15) is 0 Å². The molecule has 0 saturated carbocycles. The second-order valence-electron chi connectivity index (χ2n) is 5.18. The monoisotopic (exact) mass is 522 g/mol. The first kappa shape index (κ1) is 26.7. The molecule has 7 heteroatoms. The first-order valence-corrected chi connectivity index (χ1v) is 9.94. The van der Waals surface area contributed by atoms with E-state index in [4.69, 9.17) is 21.6 Å². The third-order valence-electron chi connectivity index (χ3n) is 3.22. The zero-order valence-corrected chi connectivity index (χ0v) is 19.5. The molecule has 0 saturated heterocycles. The van der Waals surface area contributed by atoms with Crippen molar-refractivity contribution in [3.63, 3.8) is 0 Å². The highest BCUT2D eigenvalue weighted by Crippen LogP contribution is 2.22.